The minimum atomic E-state index is 0. The molecule has 0 amide bonds. The van der Waals surface area contributed by atoms with Crippen molar-refractivity contribution in [3.8, 4) is 4.97 Å². The molecule has 0 rings (SSSR count). The van der Waals surface area contributed by atoms with E-state index in [1.54, 1.807) is 0 Å². The van der Waals surface area contributed by atoms with E-state index < -0.39 is 0 Å². The standard InChI is InChI=1S/CN.Fe.10H2O/c1-2;;;;;;;;;;;/h;;10*1H2. The van der Waals surface area contributed by atoms with Crippen LogP contribution in [0.2, 0.25) is 0 Å². The zero-order valence-corrected chi connectivity index (χ0v) is 7.40. The first-order valence-corrected chi connectivity index (χ1v) is 0.952. The molecule has 0 atom stereocenters. The van der Waals surface area contributed by atoms with Crippen LogP contribution >= 0.6 is 0 Å². The molecule has 0 bridgehead atoms. The van der Waals surface area contributed by atoms with Crippen molar-refractivity contribution in [3.05, 3.63) is 0 Å². The minimum absolute atomic E-state index is 0. The second-order valence-corrected chi connectivity index (χ2v) is 0.326. The van der Waals surface area contributed by atoms with E-state index in [4.69, 9.17) is 5.26 Å². The van der Waals surface area contributed by atoms with Crippen LogP contribution < -0.4 is 0 Å². The van der Waals surface area contributed by atoms with Gasteiger partial charge >= 0.3 is 26.2 Å². The summed E-state index contributed by atoms with van der Waals surface area (Å²) in [7, 11) is 0. The van der Waals surface area contributed by atoms with E-state index in [2.05, 4.69) is 16.0 Å². The van der Waals surface area contributed by atoms with Crippen molar-refractivity contribution in [2.45, 2.75) is 0 Å². The Bertz CT molecular complexity index is 36.4. The van der Waals surface area contributed by atoms with Gasteiger partial charge in [0.2, 0.25) is 0 Å². The van der Waals surface area contributed by atoms with E-state index in [9.17, 15) is 0 Å². The van der Waals surface area contributed by atoms with Crippen molar-refractivity contribution in [1.29, 1.82) is 5.26 Å². The summed E-state index contributed by atoms with van der Waals surface area (Å²) in [5.41, 5.74) is 0. The summed E-state index contributed by atoms with van der Waals surface area (Å²) in [6, 6.07) is 0. The monoisotopic (exact) mass is 262 g/mol. The fourth-order valence-electron chi connectivity index (χ4n) is 0. The first-order chi connectivity index (χ1) is 1.41. The van der Waals surface area contributed by atoms with Crippen LogP contribution in [0.15, 0.2) is 0 Å². The molecule has 12 heteroatoms. The zero-order valence-electron chi connectivity index (χ0n) is 6.30. The van der Waals surface area contributed by atoms with Gasteiger partial charge in [0.15, 0.2) is 0 Å². The van der Waals surface area contributed by atoms with Crippen LogP contribution in [0.3, 0.4) is 0 Å². The Kier molecular flexibility index (Phi) is 178000. The molecule has 20 N–H and O–H groups in total. The van der Waals surface area contributed by atoms with Crippen molar-refractivity contribution in [3.63, 3.8) is 0 Å². The molecule has 0 aromatic rings. The predicted octanol–water partition coefficient (Wildman–Crippen LogP) is -8.23. The van der Waals surface area contributed by atoms with Crippen molar-refractivity contribution < 1.29 is 70.8 Å². The van der Waals surface area contributed by atoms with Crippen molar-refractivity contribution >= 4 is 0 Å². The second-order valence-electron chi connectivity index (χ2n) is 0.0791. The molecule has 0 heterocycles. The molecule has 11 nitrogen and oxygen atoms in total. The molecule has 0 saturated heterocycles. The molecule has 0 fully saturated rings. The van der Waals surface area contributed by atoms with Crippen LogP contribution in [0, 0.1) is 10.2 Å². The summed E-state index contributed by atoms with van der Waals surface area (Å²) in [6.45, 7) is 0. The van der Waals surface area contributed by atoms with Crippen LogP contribution in [-0.2, 0) is 16.0 Å². The number of nitrogens with zero attached hydrogens (tertiary/aromatic N) is 1. The Hall–Kier alpha value is -0.391. The molecule has 0 aliphatic carbocycles. The molecule has 0 aliphatic rings. The minimum Gasteiger partial charge on any atom is -0.412 e. The summed E-state index contributed by atoms with van der Waals surface area (Å²) in [5, 5.41) is 7.21. The van der Waals surface area contributed by atoms with Gasteiger partial charge in [0.05, 0.1) is 0 Å². The molecule has 97 valence electrons. The summed E-state index contributed by atoms with van der Waals surface area (Å²) in [6.07, 6.45) is 0. The van der Waals surface area contributed by atoms with Gasteiger partial charge in [0.25, 0.3) is 0 Å². The number of nitriles is 1. The van der Waals surface area contributed by atoms with Gasteiger partial charge in [-0.05, 0) is 0 Å². The molecule has 0 unspecified atom stereocenters. The Morgan fingerprint density at radius 1 is 0.538 bits per heavy atom. The third-order valence-corrected chi connectivity index (χ3v) is 0. The maximum absolute atomic E-state index is 7.21. The Labute approximate surface area is 81.9 Å². The Morgan fingerprint density at radius 2 is 0.538 bits per heavy atom. The maximum atomic E-state index is 7.21. The molecular formula is CH20FeNO10. The summed E-state index contributed by atoms with van der Waals surface area (Å²) >= 11 is 2.79. The fraction of sp³-hybridized carbons (Fsp3) is 0. The van der Waals surface area contributed by atoms with Crippen molar-refractivity contribution in [2.24, 2.45) is 0 Å². The normalized spacial score (nSPS) is 0.615. The topological polar surface area (TPSA) is 339 Å². The predicted molar refractivity (Wildman–Crippen MR) is 41.8 cm³/mol. The van der Waals surface area contributed by atoms with Gasteiger partial charge in [0.1, 0.15) is 0 Å². The van der Waals surface area contributed by atoms with Crippen LogP contribution in [0.4, 0.5) is 0 Å². The average Bonchev–Trinajstić information content (AvgIpc) is 0.918. The van der Waals surface area contributed by atoms with Gasteiger partial charge in [-0.15, -0.1) is 0 Å². The van der Waals surface area contributed by atoms with Gasteiger partial charge in [-0.1, -0.05) is 0 Å². The van der Waals surface area contributed by atoms with Crippen LogP contribution in [0.5, 0.6) is 0 Å². The van der Waals surface area contributed by atoms with Crippen LogP contribution in [-0.4, -0.2) is 54.8 Å². The molecule has 0 aromatic heterocycles. The van der Waals surface area contributed by atoms with Crippen molar-refractivity contribution in [1.82, 2.24) is 0 Å². The van der Waals surface area contributed by atoms with Crippen LogP contribution in [0.1, 0.15) is 0 Å². The maximum Gasteiger partial charge on any atom is -0.412 e. The van der Waals surface area contributed by atoms with E-state index >= 15 is 0 Å². The SMILES string of the molecule is N#[C][Fe].O.O.O.O.O.O.O.O.O.O. The van der Waals surface area contributed by atoms with Gasteiger partial charge < -0.3 is 54.8 Å². The summed E-state index contributed by atoms with van der Waals surface area (Å²) < 4.78 is 0. The molecule has 0 radical (unpaired) electrons. The average molecular weight is 262 g/mol. The largest absolute Gasteiger partial charge is 0.412 e. The molecule has 0 aromatic carbocycles. The summed E-state index contributed by atoms with van der Waals surface area (Å²) in [5.74, 6) is 0. The number of hydrogen-bond donors (Lipinski definition) is 0. The first-order valence-electron chi connectivity index (χ1n) is 0.400. The quantitative estimate of drug-likeness (QED) is 0.376. The third kappa shape index (κ3) is 7030. The number of hydrogen-bond acceptors (Lipinski definition) is 1. The smallest absolute Gasteiger partial charge is 0.412 e. The van der Waals surface area contributed by atoms with Crippen molar-refractivity contribution in [2.75, 3.05) is 0 Å². The van der Waals surface area contributed by atoms with Gasteiger partial charge in [-0.3, -0.25) is 0 Å². The number of rotatable bonds is 0. The van der Waals surface area contributed by atoms with Gasteiger partial charge in [-0.25, -0.2) is 0 Å². The fourth-order valence-corrected chi connectivity index (χ4v) is 0. The Morgan fingerprint density at radius 3 is 0.538 bits per heavy atom. The van der Waals surface area contributed by atoms with Crippen LogP contribution in [0.25, 0.3) is 0 Å². The van der Waals surface area contributed by atoms with Gasteiger partial charge in [-0.2, -0.15) is 0 Å². The zero-order chi connectivity index (χ0) is 2.71. The van der Waals surface area contributed by atoms with E-state index in [0.717, 1.165) is 0 Å². The van der Waals surface area contributed by atoms with Gasteiger partial charge in [0, 0.05) is 0 Å². The third-order valence-electron chi connectivity index (χ3n) is 0. The molecule has 0 saturated carbocycles. The first kappa shape index (κ1) is 656. The second kappa shape index (κ2) is 3520. The molecule has 0 spiro atoms. The Balaban J connectivity index is -0.000000000444. The molecular weight excluding hydrogens is 242 g/mol. The molecule has 0 aliphatic heterocycles. The molecule has 13 heavy (non-hydrogen) atoms. The van der Waals surface area contributed by atoms with E-state index in [0.29, 0.717) is 0 Å². The summed E-state index contributed by atoms with van der Waals surface area (Å²) in [4.78, 5) is 1.50. The van der Waals surface area contributed by atoms with E-state index in [1.807, 2.05) is 0 Å². The van der Waals surface area contributed by atoms with E-state index in [1.165, 1.54) is 4.97 Å². The van der Waals surface area contributed by atoms with E-state index in [-0.39, 0.29) is 54.8 Å².